The lowest BCUT2D eigenvalue weighted by Gasteiger charge is -2.15. The predicted molar refractivity (Wildman–Crippen MR) is 80.7 cm³/mol. The van der Waals surface area contributed by atoms with Gasteiger partial charge in [-0.25, -0.2) is 0 Å². The van der Waals surface area contributed by atoms with Crippen LogP contribution >= 0.6 is 0 Å². The van der Waals surface area contributed by atoms with Crippen molar-refractivity contribution in [2.45, 2.75) is 13.0 Å². The number of nitrogens with zero attached hydrogens (tertiary/aromatic N) is 1. The van der Waals surface area contributed by atoms with Gasteiger partial charge >= 0.3 is 0 Å². The number of amides is 1. The number of hydrogen-bond donors (Lipinski definition) is 2. The van der Waals surface area contributed by atoms with Gasteiger partial charge in [0.05, 0.1) is 23.0 Å². The summed E-state index contributed by atoms with van der Waals surface area (Å²) in [7, 11) is 0. The molecule has 0 saturated heterocycles. The lowest BCUT2D eigenvalue weighted by Crippen LogP contribution is -2.30. The summed E-state index contributed by atoms with van der Waals surface area (Å²) in [4.78, 5) is 12.1. The Balaban J connectivity index is 2.03. The molecular formula is C16H15N3O2. The number of nitriles is 1. The average Bonchev–Trinajstić information content (AvgIpc) is 2.49. The van der Waals surface area contributed by atoms with E-state index < -0.39 is 6.10 Å². The van der Waals surface area contributed by atoms with Crippen molar-refractivity contribution in [1.82, 2.24) is 0 Å². The second kappa shape index (κ2) is 6.44. The molecule has 0 heterocycles. The number of benzene rings is 2. The van der Waals surface area contributed by atoms with Gasteiger partial charge in [-0.15, -0.1) is 0 Å². The number of rotatable bonds is 4. The molecule has 2 rings (SSSR count). The minimum atomic E-state index is -0.710. The number of anilines is 2. The molecule has 0 aliphatic rings. The molecular weight excluding hydrogens is 266 g/mol. The summed E-state index contributed by atoms with van der Waals surface area (Å²) in [5.74, 6) is 0.160. The SMILES string of the molecule is CC(Oc1cccc(C#N)c1)C(=O)Nc1ccccc1N. The zero-order valence-corrected chi connectivity index (χ0v) is 11.5. The first-order valence-electron chi connectivity index (χ1n) is 6.42. The van der Waals surface area contributed by atoms with Crippen LogP contribution in [0, 0.1) is 11.3 Å². The van der Waals surface area contributed by atoms with E-state index in [-0.39, 0.29) is 5.91 Å². The van der Waals surface area contributed by atoms with Crippen LogP contribution < -0.4 is 15.8 Å². The summed E-state index contributed by atoms with van der Waals surface area (Å²) in [5, 5.41) is 11.5. The lowest BCUT2D eigenvalue weighted by molar-refractivity contribution is -0.122. The monoisotopic (exact) mass is 281 g/mol. The van der Waals surface area contributed by atoms with Gasteiger partial charge in [-0.3, -0.25) is 4.79 Å². The van der Waals surface area contributed by atoms with Crippen LogP contribution in [0.3, 0.4) is 0 Å². The van der Waals surface area contributed by atoms with Gasteiger partial charge in [-0.2, -0.15) is 5.26 Å². The molecule has 2 aromatic carbocycles. The van der Waals surface area contributed by atoms with Crippen molar-refractivity contribution in [2.24, 2.45) is 0 Å². The highest BCUT2D eigenvalue weighted by atomic mass is 16.5. The Labute approximate surface area is 123 Å². The number of hydrogen-bond acceptors (Lipinski definition) is 4. The summed E-state index contributed by atoms with van der Waals surface area (Å²) in [6.07, 6.45) is -0.710. The van der Waals surface area contributed by atoms with Crippen LogP contribution in [0.2, 0.25) is 0 Å². The summed E-state index contributed by atoms with van der Waals surface area (Å²) in [6, 6.07) is 15.7. The van der Waals surface area contributed by atoms with E-state index in [1.54, 1.807) is 55.5 Å². The third-order valence-corrected chi connectivity index (χ3v) is 2.86. The molecule has 1 atom stereocenters. The summed E-state index contributed by atoms with van der Waals surface area (Å²) >= 11 is 0. The van der Waals surface area contributed by atoms with E-state index in [0.29, 0.717) is 22.7 Å². The fourth-order valence-electron chi connectivity index (χ4n) is 1.74. The topological polar surface area (TPSA) is 88.1 Å². The Kier molecular flexibility index (Phi) is 4.42. The van der Waals surface area contributed by atoms with Crippen LogP contribution in [-0.4, -0.2) is 12.0 Å². The lowest BCUT2D eigenvalue weighted by atomic mass is 10.2. The minimum Gasteiger partial charge on any atom is -0.481 e. The maximum Gasteiger partial charge on any atom is 0.265 e. The van der Waals surface area contributed by atoms with Gasteiger partial charge in [0.1, 0.15) is 5.75 Å². The molecule has 0 aliphatic heterocycles. The number of para-hydroxylation sites is 2. The Bertz CT molecular complexity index is 692. The maximum absolute atomic E-state index is 12.1. The molecule has 0 saturated carbocycles. The Morgan fingerprint density at radius 3 is 2.76 bits per heavy atom. The van der Waals surface area contributed by atoms with Gasteiger partial charge in [0.15, 0.2) is 6.10 Å². The molecule has 5 nitrogen and oxygen atoms in total. The van der Waals surface area contributed by atoms with Crippen LogP contribution in [-0.2, 0) is 4.79 Å². The third kappa shape index (κ3) is 3.74. The number of nitrogens with two attached hydrogens (primary N) is 1. The fourth-order valence-corrected chi connectivity index (χ4v) is 1.74. The molecule has 0 radical (unpaired) electrons. The van der Waals surface area contributed by atoms with E-state index in [9.17, 15) is 4.79 Å². The van der Waals surface area contributed by atoms with Crippen molar-refractivity contribution in [3.63, 3.8) is 0 Å². The first-order chi connectivity index (χ1) is 10.1. The van der Waals surface area contributed by atoms with E-state index in [4.69, 9.17) is 15.7 Å². The van der Waals surface area contributed by atoms with Gasteiger partial charge in [0.2, 0.25) is 0 Å². The van der Waals surface area contributed by atoms with Gasteiger partial charge in [-0.05, 0) is 37.3 Å². The summed E-state index contributed by atoms with van der Waals surface area (Å²) < 4.78 is 5.53. The molecule has 1 amide bonds. The molecule has 5 heteroatoms. The average molecular weight is 281 g/mol. The van der Waals surface area contributed by atoms with Crippen molar-refractivity contribution in [3.8, 4) is 11.8 Å². The van der Waals surface area contributed by atoms with E-state index >= 15 is 0 Å². The highest BCUT2D eigenvalue weighted by Gasteiger charge is 2.15. The Hall–Kier alpha value is -3.00. The van der Waals surface area contributed by atoms with E-state index in [1.807, 2.05) is 6.07 Å². The van der Waals surface area contributed by atoms with Crippen molar-refractivity contribution in [3.05, 3.63) is 54.1 Å². The van der Waals surface area contributed by atoms with E-state index in [0.717, 1.165) is 0 Å². The van der Waals surface area contributed by atoms with Crippen LogP contribution in [0.5, 0.6) is 5.75 Å². The molecule has 1 unspecified atom stereocenters. The number of carbonyl (C=O) groups excluding carboxylic acids is 1. The van der Waals surface area contributed by atoms with Crippen LogP contribution in [0.1, 0.15) is 12.5 Å². The normalized spacial score (nSPS) is 11.2. The van der Waals surface area contributed by atoms with Gasteiger partial charge in [0, 0.05) is 0 Å². The quantitative estimate of drug-likeness (QED) is 0.843. The molecule has 0 fully saturated rings. The van der Waals surface area contributed by atoms with Gasteiger partial charge < -0.3 is 15.8 Å². The zero-order valence-electron chi connectivity index (χ0n) is 11.5. The van der Waals surface area contributed by atoms with Crippen molar-refractivity contribution >= 4 is 17.3 Å². The fraction of sp³-hybridized carbons (Fsp3) is 0.125. The zero-order chi connectivity index (χ0) is 15.2. The Morgan fingerprint density at radius 2 is 2.05 bits per heavy atom. The number of ether oxygens (including phenoxy) is 1. The number of nitrogens with one attached hydrogen (secondary N) is 1. The molecule has 2 aromatic rings. The standard InChI is InChI=1S/C16H15N3O2/c1-11(21-13-6-4-5-12(9-13)10-17)16(20)19-15-8-3-2-7-14(15)18/h2-9,11H,18H2,1H3,(H,19,20). The maximum atomic E-state index is 12.1. The van der Waals surface area contributed by atoms with E-state index in [2.05, 4.69) is 5.32 Å². The second-order valence-corrected chi connectivity index (χ2v) is 4.48. The smallest absolute Gasteiger partial charge is 0.265 e. The van der Waals surface area contributed by atoms with Crippen LogP contribution in [0.15, 0.2) is 48.5 Å². The first-order valence-corrected chi connectivity index (χ1v) is 6.42. The van der Waals surface area contributed by atoms with Crippen molar-refractivity contribution in [1.29, 1.82) is 5.26 Å². The summed E-state index contributed by atoms with van der Waals surface area (Å²) in [6.45, 7) is 1.63. The van der Waals surface area contributed by atoms with Crippen molar-refractivity contribution in [2.75, 3.05) is 11.1 Å². The van der Waals surface area contributed by atoms with Crippen molar-refractivity contribution < 1.29 is 9.53 Å². The predicted octanol–water partition coefficient (Wildman–Crippen LogP) is 2.55. The molecule has 21 heavy (non-hydrogen) atoms. The van der Waals surface area contributed by atoms with Crippen LogP contribution in [0.4, 0.5) is 11.4 Å². The van der Waals surface area contributed by atoms with Gasteiger partial charge in [-0.1, -0.05) is 18.2 Å². The van der Waals surface area contributed by atoms with E-state index in [1.165, 1.54) is 0 Å². The Morgan fingerprint density at radius 1 is 1.29 bits per heavy atom. The van der Waals surface area contributed by atoms with Crippen LogP contribution in [0.25, 0.3) is 0 Å². The summed E-state index contributed by atoms with van der Waals surface area (Å²) in [5.41, 5.74) is 7.28. The number of nitrogen functional groups attached to an aromatic ring is 1. The molecule has 0 spiro atoms. The highest BCUT2D eigenvalue weighted by Crippen LogP contribution is 2.18. The molecule has 0 aromatic heterocycles. The number of carbonyl (C=O) groups is 1. The van der Waals surface area contributed by atoms with Gasteiger partial charge in [0.25, 0.3) is 5.91 Å². The molecule has 0 aliphatic carbocycles. The third-order valence-electron chi connectivity index (χ3n) is 2.86. The highest BCUT2D eigenvalue weighted by molar-refractivity contribution is 5.96. The second-order valence-electron chi connectivity index (χ2n) is 4.48. The largest absolute Gasteiger partial charge is 0.481 e. The molecule has 0 bridgehead atoms. The minimum absolute atomic E-state index is 0.310. The molecule has 106 valence electrons. The molecule has 3 N–H and O–H groups in total. The first kappa shape index (κ1) is 14.4.